The molecular weight excluding hydrogens is 368 g/mol. The molecule has 0 N–H and O–H groups in total. The number of nitrogens with zero attached hydrogens (tertiary/aromatic N) is 6. The van der Waals surface area contributed by atoms with Crippen molar-refractivity contribution < 1.29 is 9.53 Å². The summed E-state index contributed by atoms with van der Waals surface area (Å²) in [6.07, 6.45) is 9.49. The summed E-state index contributed by atoms with van der Waals surface area (Å²) in [5, 5.41) is 0. The largest absolute Gasteiger partial charge is 0.368 e. The number of piperidine rings is 1. The number of anilines is 1. The van der Waals surface area contributed by atoms with Crippen molar-refractivity contribution in [3.05, 3.63) is 30.4 Å². The van der Waals surface area contributed by atoms with Crippen molar-refractivity contribution >= 4 is 11.7 Å². The Labute approximate surface area is 171 Å². The lowest BCUT2D eigenvalue weighted by molar-refractivity contribution is -0.147. The van der Waals surface area contributed by atoms with Crippen LogP contribution in [0.4, 0.5) is 5.82 Å². The molecule has 29 heavy (non-hydrogen) atoms. The second kappa shape index (κ2) is 8.82. The van der Waals surface area contributed by atoms with E-state index in [0.29, 0.717) is 24.0 Å². The van der Waals surface area contributed by atoms with Crippen LogP contribution < -0.4 is 4.90 Å². The van der Waals surface area contributed by atoms with Gasteiger partial charge in [-0.2, -0.15) is 0 Å². The highest BCUT2D eigenvalue weighted by Gasteiger charge is 2.31. The molecular formula is C21H28N6O2. The molecule has 1 atom stereocenters. The molecule has 0 radical (unpaired) electrons. The van der Waals surface area contributed by atoms with Gasteiger partial charge in [0.05, 0.1) is 6.20 Å². The van der Waals surface area contributed by atoms with E-state index in [1.165, 1.54) is 0 Å². The lowest BCUT2D eigenvalue weighted by atomic mass is 9.92. The number of ether oxygens (including phenoxy) is 1. The number of aromatic nitrogens is 4. The van der Waals surface area contributed by atoms with Gasteiger partial charge in [0.25, 0.3) is 5.91 Å². The maximum atomic E-state index is 12.7. The first kappa shape index (κ1) is 19.7. The Morgan fingerprint density at radius 1 is 1.14 bits per heavy atom. The fourth-order valence-corrected chi connectivity index (χ4v) is 3.95. The van der Waals surface area contributed by atoms with E-state index in [4.69, 9.17) is 9.72 Å². The average Bonchev–Trinajstić information content (AvgIpc) is 2.79. The van der Waals surface area contributed by atoms with Crippen LogP contribution in [0.25, 0.3) is 11.5 Å². The lowest BCUT2D eigenvalue weighted by Crippen LogP contribution is -2.45. The molecule has 1 amide bonds. The van der Waals surface area contributed by atoms with Crippen molar-refractivity contribution in [1.82, 2.24) is 24.8 Å². The second-order valence-electron chi connectivity index (χ2n) is 7.91. The Balaban J connectivity index is 1.49. The molecule has 0 saturated carbocycles. The molecule has 154 valence electrons. The Morgan fingerprint density at radius 2 is 1.97 bits per heavy atom. The molecule has 4 heterocycles. The molecule has 2 saturated heterocycles. The van der Waals surface area contributed by atoms with Gasteiger partial charge in [-0.1, -0.05) is 0 Å². The summed E-state index contributed by atoms with van der Waals surface area (Å²) in [6.45, 7) is 2.18. The topological polar surface area (TPSA) is 84.3 Å². The maximum Gasteiger partial charge on any atom is 0.251 e. The van der Waals surface area contributed by atoms with Gasteiger partial charge < -0.3 is 14.5 Å². The zero-order valence-corrected chi connectivity index (χ0v) is 17.1. The van der Waals surface area contributed by atoms with E-state index >= 15 is 0 Å². The van der Waals surface area contributed by atoms with Crippen LogP contribution in [0.15, 0.2) is 24.7 Å². The van der Waals surface area contributed by atoms with E-state index in [1.54, 1.807) is 18.6 Å². The quantitative estimate of drug-likeness (QED) is 0.784. The van der Waals surface area contributed by atoms with Crippen LogP contribution in [0.3, 0.4) is 0 Å². The zero-order chi connectivity index (χ0) is 20.2. The molecule has 2 aromatic heterocycles. The monoisotopic (exact) mass is 396 g/mol. The minimum Gasteiger partial charge on any atom is -0.368 e. The standard InChI is InChI=1S/C21H28N6O2/c1-26(2)19-13-16(24-20(25-19)17-14-22-8-9-23-17)15-6-10-27(11-7-15)21(28)18-5-3-4-12-29-18/h8-9,13-15,18H,3-7,10-12H2,1-2H3/t18-/m1/s1. The van der Waals surface area contributed by atoms with Gasteiger partial charge in [-0.15, -0.1) is 0 Å². The fraction of sp³-hybridized carbons (Fsp3) is 0.571. The van der Waals surface area contributed by atoms with E-state index in [-0.39, 0.29) is 12.0 Å². The Kier molecular flexibility index (Phi) is 5.99. The minimum absolute atomic E-state index is 0.153. The first-order chi connectivity index (χ1) is 14.1. The summed E-state index contributed by atoms with van der Waals surface area (Å²) < 4.78 is 5.68. The zero-order valence-electron chi connectivity index (χ0n) is 17.1. The molecule has 0 bridgehead atoms. The fourth-order valence-electron chi connectivity index (χ4n) is 3.95. The first-order valence-corrected chi connectivity index (χ1v) is 10.3. The molecule has 2 fully saturated rings. The van der Waals surface area contributed by atoms with Crippen molar-refractivity contribution in [3.8, 4) is 11.5 Å². The van der Waals surface area contributed by atoms with E-state index in [1.807, 2.05) is 30.0 Å². The van der Waals surface area contributed by atoms with Gasteiger partial charge in [-0.3, -0.25) is 9.78 Å². The van der Waals surface area contributed by atoms with Gasteiger partial charge in [-0.05, 0) is 32.1 Å². The second-order valence-corrected chi connectivity index (χ2v) is 7.91. The van der Waals surface area contributed by atoms with E-state index in [9.17, 15) is 4.79 Å². The van der Waals surface area contributed by atoms with Gasteiger partial charge in [0.15, 0.2) is 5.82 Å². The van der Waals surface area contributed by atoms with Gasteiger partial charge in [-0.25, -0.2) is 15.0 Å². The summed E-state index contributed by atoms with van der Waals surface area (Å²) in [4.78, 5) is 34.6. The van der Waals surface area contributed by atoms with Crippen LogP contribution >= 0.6 is 0 Å². The lowest BCUT2D eigenvalue weighted by Gasteiger charge is -2.35. The third-order valence-corrected chi connectivity index (χ3v) is 5.66. The highest BCUT2D eigenvalue weighted by Crippen LogP contribution is 2.30. The molecule has 8 heteroatoms. The van der Waals surface area contributed by atoms with Crippen molar-refractivity contribution in [2.24, 2.45) is 0 Å². The summed E-state index contributed by atoms with van der Waals surface area (Å²) in [5.41, 5.74) is 1.67. The van der Waals surface area contributed by atoms with Crippen LogP contribution in [-0.2, 0) is 9.53 Å². The first-order valence-electron chi connectivity index (χ1n) is 10.3. The van der Waals surface area contributed by atoms with Crippen molar-refractivity contribution in [1.29, 1.82) is 0 Å². The molecule has 0 spiro atoms. The molecule has 0 aromatic carbocycles. The van der Waals surface area contributed by atoms with Crippen LogP contribution in [0.2, 0.25) is 0 Å². The molecule has 2 aliphatic rings. The molecule has 8 nitrogen and oxygen atoms in total. The van der Waals surface area contributed by atoms with Crippen molar-refractivity contribution in [2.45, 2.75) is 44.1 Å². The third-order valence-electron chi connectivity index (χ3n) is 5.66. The highest BCUT2D eigenvalue weighted by atomic mass is 16.5. The number of hydrogen-bond acceptors (Lipinski definition) is 7. The van der Waals surface area contributed by atoms with Crippen LogP contribution in [0, 0.1) is 0 Å². The molecule has 0 aliphatic carbocycles. The summed E-state index contributed by atoms with van der Waals surface area (Å²) in [7, 11) is 3.94. The smallest absolute Gasteiger partial charge is 0.251 e. The van der Waals surface area contributed by atoms with Gasteiger partial charge in [0.1, 0.15) is 17.6 Å². The number of carbonyl (C=O) groups excluding carboxylic acids is 1. The Hall–Kier alpha value is -2.61. The highest BCUT2D eigenvalue weighted by molar-refractivity contribution is 5.81. The van der Waals surface area contributed by atoms with E-state index < -0.39 is 0 Å². The molecule has 2 aliphatic heterocycles. The van der Waals surface area contributed by atoms with Crippen molar-refractivity contribution in [3.63, 3.8) is 0 Å². The van der Waals surface area contributed by atoms with Crippen LogP contribution in [0.5, 0.6) is 0 Å². The normalized spacial score (nSPS) is 20.5. The van der Waals surface area contributed by atoms with E-state index in [0.717, 1.165) is 56.7 Å². The number of amides is 1. The van der Waals surface area contributed by atoms with Crippen molar-refractivity contribution in [2.75, 3.05) is 38.7 Å². The summed E-state index contributed by atoms with van der Waals surface area (Å²) in [6, 6.07) is 2.05. The number of rotatable bonds is 4. The van der Waals surface area contributed by atoms with E-state index in [2.05, 4.69) is 15.0 Å². The van der Waals surface area contributed by atoms with Crippen LogP contribution in [0.1, 0.15) is 43.7 Å². The Bertz CT molecular complexity index is 830. The maximum absolute atomic E-state index is 12.7. The predicted octanol–water partition coefficient (Wildman–Crippen LogP) is 2.27. The van der Waals surface area contributed by atoms with Crippen LogP contribution in [-0.4, -0.2) is 70.6 Å². The molecule has 2 aromatic rings. The molecule has 0 unspecified atom stereocenters. The SMILES string of the molecule is CN(C)c1cc(C2CCN(C(=O)[C@H]3CCCCO3)CC2)nc(-c2cnccn2)n1. The third kappa shape index (κ3) is 4.53. The van der Waals surface area contributed by atoms with Gasteiger partial charge in [0, 0.05) is 63.9 Å². The Morgan fingerprint density at radius 3 is 2.62 bits per heavy atom. The summed E-state index contributed by atoms with van der Waals surface area (Å²) in [5.74, 6) is 1.89. The minimum atomic E-state index is -0.247. The number of likely N-dealkylation sites (tertiary alicyclic amines) is 1. The van der Waals surface area contributed by atoms with Gasteiger partial charge in [0.2, 0.25) is 0 Å². The number of carbonyl (C=O) groups is 1. The molecule has 4 rings (SSSR count). The summed E-state index contributed by atoms with van der Waals surface area (Å²) >= 11 is 0. The predicted molar refractivity (Wildman–Crippen MR) is 110 cm³/mol. The van der Waals surface area contributed by atoms with Gasteiger partial charge >= 0.3 is 0 Å². The number of hydrogen-bond donors (Lipinski definition) is 0. The average molecular weight is 396 g/mol.